The molecule has 9 heavy (non-hydrogen) atoms. The lowest BCUT2D eigenvalue weighted by atomic mass is 10.3. The monoisotopic (exact) mass is 128 g/mol. The molecule has 1 rings (SSSR count). The fourth-order valence-corrected chi connectivity index (χ4v) is 0.980. The maximum absolute atomic E-state index is 7.23. The quantitative estimate of drug-likeness (QED) is 0.504. The summed E-state index contributed by atoms with van der Waals surface area (Å²) in [5.74, 6) is 0.333. The minimum Gasteiger partial charge on any atom is -0.459 e. The molecule has 1 atom stereocenters. The maximum atomic E-state index is 7.23. The molecule has 52 valence electrons. The predicted molar refractivity (Wildman–Crippen MR) is 35.5 cm³/mol. The van der Waals surface area contributed by atoms with Gasteiger partial charge in [0.15, 0.2) is 11.6 Å². The average Bonchev–Trinajstić information content (AvgIpc) is 1.79. The molecule has 0 aliphatic carbocycles. The molecule has 1 fully saturated rings. The molecule has 0 aromatic carbocycles. The summed E-state index contributed by atoms with van der Waals surface area (Å²) >= 11 is 0. The van der Waals surface area contributed by atoms with E-state index in [9.17, 15) is 0 Å². The van der Waals surface area contributed by atoms with Gasteiger partial charge in [0.25, 0.3) is 0 Å². The number of rotatable bonds is 0. The zero-order valence-corrected chi connectivity index (χ0v) is 5.99. The first-order valence-corrected chi connectivity index (χ1v) is 3.06. The molecular weight excluding hydrogens is 116 g/mol. The summed E-state index contributed by atoms with van der Waals surface area (Å²) < 4.78 is 5.13. The van der Waals surface area contributed by atoms with E-state index in [0.717, 1.165) is 0 Å². The van der Waals surface area contributed by atoms with Crippen LogP contribution in [-0.2, 0) is 4.74 Å². The first-order valence-electron chi connectivity index (χ1n) is 3.06. The van der Waals surface area contributed by atoms with Crippen LogP contribution in [0.25, 0.3) is 0 Å². The van der Waals surface area contributed by atoms with Crippen LogP contribution in [0, 0.1) is 5.41 Å². The van der Waals surface area contributed by atoms with E-state index in [1.807, 2.05) is 20.8 Å². The van der Waals surface area contributed by atoms with E-state index >= 15 is 0 Å². The summed E-state index contributed by atoms with van der Waals surface area (Å²) in [5, 5.41) is 10.3. The van der Waals surface area contributed by atoms with Gasteiger partial charge in [-0.2, -0.15) is 0 Å². The molecule has 0 aromatic rings. The van der Waals surface area contributed by atoms with Crippen molar-refractivity contribution in [3.63, 3.8) is 0 Å². The van der Waals surface area contributed by atoms with E-state index in [4.69, 9.17) is 10.1 Å². The van der Waals surface area contributed by atoms with Crippen LogP contribution in [-0.4, -0.2) is 17.7 Å². The summed E-state index contributed by atoms with van der Waals surface area (Å²) in [4.78, 5) is 0. The molecule has 1 aliphatic rings. The van der Waals surface area contributed by atoms with Crippen molar-refractivity contribution in [3.8, 4) is 0 Å². The van der Waals surface area contributed by atoms with Crippen molar-refractivity contribution in [2.45, 2.75) is 32.5 Å². The van der Waals surface area contributed by atoms with Crippen molar-refractivity contribution in [2.24, 2.45) is 0 Å². The van der Waals surface area contributed by atoms with Crippen molar-refractivity contribution in [2.75, 3.05) is 0 Å². The SMILES string of the molecule is CC1NC(C)(C)OC1=N. The normalized spacial score (nSPS) is 32.3. The number of hydrogen-bond acceptors (Lipinski definition) is 3. The van der Waals surface area contributed by atoms with Gasteiger partial charge in [-0.3, -0.25) is 10.7 Å². The Morgan fingerprint density at radius 1 is 1.67 bits per heavy atom. The highest BCUT2D eigenvalue weighted by Gasteiger charge is 2.33. The molecule has 3 nitrogen and oxygen atoms in total. The Bertz CT molecular complexity index is 142. The van der Waals surface area contributed by atoms with Gasteiger partial charge in [-0.05, 0) is 20.8 Å². The van der Waals surface area contributed by atoms with Gasteiger partial charge in [0, 0.05) is 0 Å². The Balaban J connectivity index is 2.65. The zero-order valence-electron chi connectivity index (χ0n) is 5.99. The van der Waals surface area contributed by atoms with Crippen LogP contribution in [0.2, 0.25) is 0 Å². The number of nitrogens with one attached hydrogen (secondary N) is 2. The fraction of sp³-hybridized carbons (Fsp3) is 0.833. The van der Waals surface area contributed by atoms with Crippen LogP contribution in [0.5, 0.6) is 0 Å². The fourth-order valence-electron chi connectivity index (χ4n) is 0.980. The van der Waals surface area contributed by atoms with Gasteiger partial charge in [-0.1, -0.05) is 0 Å². The Morgan fingerprint density at radius 3 is 2.33 bits per heavy atom. The Kier molecular flexibility index (Phi) is 1.24. The third-order valence-corrected chi connectivity index (χ3v) is 1.32. The van der Waals surface area contributed by atoms with Gasteiger partial charge in [-0.15, -0.1) is 0 Å². The van der Waals surface area contributed by atoms with Crippen LogP contribution in [0.15, 0.2) is 0 Å². The van der Waals surface area contributed by atoms with Crippen molar-refractivity contribution >= 4 is 5.90 Å². The van der Waals surface area contributed by atoms with Crippen LogP contribution in [0.3, 0.4) is 0 Å². The van der Waals surface area contributed by atoms with Gasteiger partial charge < -0.3 is 4.74 Å². The Labute approximate surface area is 54.9 Å². The second-order valence-corrected chi connectivity index (χ2v) is 2.84. The Morgan fingerprint density at radius 2 is 2.22 bits per heavy atom. The minimum absolute atomic E-state index is 0.0694. The van der Waals surface area contributed by atoms with E-state index in [1.54, 1.807) is 0 Å². The zero-order chi connectivity index (χ0) is 7.07. The highest BCUT2D eigenvalue weighted by Crippen LogP contribution is 2.14. The third kappa shape index (κ3) is 1.21. The third-order valence-electron chi connectivity index (χ3n) is 1.32. The molecule has 0 amide bonds. The average molecular weight is 128 g/mol. The molecule has 1 saturated heterocycles. The smallest absolute Gasteiger partial charge is 0.199 e. The minimum atomic E-state index is -0.337. The molecule has 1 aliphatic heterocycles. The van der Waals surface area contributed by atoms with Crippen LogP contribution < -0.4 is 5.32 Å². The molecular formula is C6H12N2O. The first-order chi connectivity index (χ1) is 4.01. The highest BCUT2D eigenvalue weighted by molar-refractivity contribution is 5.80. The molecule has 0 radical (unpaired) electrons. The molecule has 0 saturated carbocycles. The van der Waals surface area contributed by atoms with Gasteiger partial charge in [0.1, 0.15) is 0 Å². The van der Waals surface area contributed by atoms with E-state index in [2.05, 4.69) is 5.32 Å². The van der Waals surface area contributed by atoms with Crippen molar-refractivity contribution in [3.05, 3.63) is 0 Å². The highest BCUT2D eigenvalue weighted by atomic mass is 16.5. The van der Waals surface area contributed by atoms with Gasteiger partial charge in [-0.25, -0.2) is 0 Å². The lowest BCUT2D eigenvalue weighted by molar-refractivity contribution is 0.0974. The molecule has 1 unspecified atom stereocenters. The van der Waals surface area contributed by atoms with E-state index in [1.165, 1.54) is 0 Å². The number of hydrogen-bond donors (Lipinski definition) is 2. The summed E-state index contributed by atoms with van der Waals surface area (Å²) in [7, 11) is 0. The largest absolute Gasteiger partial charge is 0.459 e. The molecule has 2 N–H and O–H groups in total. The summed E-state index contributed by atoms with van der Waals surface area (Å²) in [6, 6.07) is 0.0694. The van der Waals surface area contributed by atoms with E-state index in [0.29, 0.717) is 5.90 Å². The molecule has 3 heteroatoms. The maximum Gasteiger partial charge on any atom is 0.199 e. The van der Waals surface area contributed by atoms with Crippen molar-refractivity contribution < 1.29 is 4.74 Å². The second-order valence-electron chi connectivity index (χ2n) is 2.84. The summed E-state index contributed by atoms with van der Waals surface area (Å²) in [5.41, 5.74) is -0.337. The first kappa shape index (κ1) is 6.55. The van der Waals surface area contributed by atoms with Crippen molar-refractivity contribution in [1.29, 1.82) is 5.41 Å². The standard InChI is InChI=1S/C6H12N2O/c1-4-5(7)9-6(2,3)8-4/h4,7-8H,1-3H3. The van der Waals surface area contributed by atoms with Crippen LogP contribution in [0.1, 0.15) is 20.8 Å². The lowest BCUT2D eigenvalue weighted by Gasteiger charge is -2.16. The summed E-state index contributed by atoms with van der Waals surface area (Å²) in [6.07, 6.45) is 0. The number of ether oxygens (including phenoxy) is 1. The molecule has 0 spiro atoms. The molecule has 0 bridgehead atoms. The van der Waals surface area contributed by atoms with Gasteiger partial charge >= 0.3 is 0 Å². The molecule has 1 heterocycles. The van der Waals surface area contributed by atoms with Crippen LogP contribution in [0.4, 0.5) is 0 Å². The summed E-state index contributed by atoms with van der Waals surface area (Å²) in [6.45, 7) is 5.73. The van der Waals surface area contributed by atoms with Gasteiger partial charge in [0.2, 0.25) is 0 Å². The molecule has 0 aromatic heterocycles. The van der Waals surface area contributed by atoms with E-state index in [-0.39, 0.29) is 11.8 Å². The second kappa shape index (κ2) is 1.70. The van der Waals surface area contributed by atoms with E-state index < -0.39 is 0 Å². The topological polar surface area (TPSA) is 45.1 Å². The Hall–Kier alpha value is -0.570. The predicted octanol–water partition coefficient (Wildman–Crippen LogP) is 0.708. The van der Waals surface area contributed by atoms with Gasteiger partial charge in [0.05, 0.1) is 6.04 Å². The van der Waals surface area contributed by atoms with Crippen LogP contribution >= 0.6 is 0 Å². The van der Waals surface area contributed by atoms with Crippen molar-refractivity contribution in [1.82, 2.24) is 5.32 Å². The lowest BCUT2D eigenvalue weighted by Crippen LogP contribution is -2.37.